The van der Waals surface area contributed by atoms with E-state index in [9.17, 15) is 4.39 Å². The molecule has 2 fully saturated rings. The van der Waals surface area contributed by atoms with Gasteiger partial charge in [-0.3, -0.25) is 0 Å². The van der Waals surface area contributed by atoms with E-state index in [2.05, 4.69) is 30.2 Å². The van der Waals surface area contributed by atoms with Crippen LogP contribution in [-0.2, 0) is 15.9 Å². The molecule has 1 spiro atoms. The van der Waals surface area contributed by atoms with Crippen LogP contribution in [0.1, 0.15) is 49.1 Å². The second-order valence-corrected chi connectivity index (χ2v) is 9.06. The molecule has 31 heavy (non-hydrogen) atoms. The van der Waals surface area contributed by atoms with Gasteiger partial charge in [0.2, 0.25) is 0 Å². The van der Waals surface area contributed by atoms with Gasteiger partial charge in [0.15, 0.2) is 5.79 Å². The molecule has 2 aliphatic carbocycles. The number of nitrogens with zero attached hydrogens (tertiary/aromatic N) is 2. The van der Waals surface area contributed by atoms with Crippen molar-refractivity contribution in [3.63, 3.8) is 0 Å². The van der Waals surface area contributed by atoms with E-state index in [-0.39, 0.29) is 17.3 Å². The van der Waals surface area contributed by atoms with Crippen molar-refractivity contribution in [2.45, 2.75) is 44.5 Å². The maximum Gasteiger partial charge on any atom is 0.178 e. The summed E-state index contributed by atoms with van der Waals surface area (Å²) in [6.45, 7) is 2.86. The average molecular weight is 416 g/mol. The molecule has 1 unspecified atom stereocenters. The molecule has 5 heteroatoms. The first kappa shape index (κ1) is 19.0. The lowest BCUT2D eigenvalue weighted by Gasteiger charge is -2.51. The minimum Gasteiger partial charge on any atom is -0.346 e. The predicted octanol–water partition coefficient (Wildman–Crippen LogP) is 5.63. The SMILES string of the molecule is C[C@]12Cc3cnn(-c4ccc(F)cc4)c3C=C1CCCC21OC[C@H](c2ccccc2)O1. The van der Waals surface area contributed by atoms with Crippen LogP contribution in [0.2, 0.25) is 0 Å². The maximum atomic E-state index is 13.4. The van der Waals surface area contributed by atoms with Gasteiger partial charge in [0.05, 0.1) is 24.2 Å². The molecular weight excluding hydrogens is 391 g/mol. The summed E-state index contributed by atoms with van der Waals surface area (Å²) >= 11 is 0. The van der Waals surface area contributed by atoms with E-state index < -0.39 is 5.79 Å². The van der Waals surface area contributed by atoms with Gasteiger partial charge in [0.1, 0.15) is 11.9 Å². The van der Waals surface area contributed by atoms with E-state index in [1.165, 1.54) is 28.8 Å². The van der Waals surface area contributed by atoms with E-state index in [4.69, 9.17) is 9.47 Å². The van der Waals surface area contributed by atoms with Crippen molar-refractivity contribution < 1.29 is 13.9 Å². The number of hydrogen-bond acceptors (Lipinski definition) is 3. The van der Waals surface area contributed by atoms with Crippen LogP contribution in [0.3, 0.4) is 0 Å². The Hall–Kier alpha value is -2.76. The highest BCUT2D eigenvalue weighted by Gasteiger charge is 2.59. The second-order valence-electron chi connectivity index (χ2n) is 9.06. The molecule has 1 aromatic heterocycles. The van der Waals surface area contributed by atoms with E-state index in [1.807, 2.05) is 29.1 Å². The fourth-order valence-electron chi connectivity index (χ4n) is 5.56. The minimum atomic E-state index is -0.618. The molecule has 6 rings (SSSR count). The highest BCUT2D eigenvalue weighted by atomic mass is 19.1. The average Bonchev–Trinajstić information content (AvgIpc) is 3.40. The molecule has 1 saturated heterocycles. The molecule has 1 saturated carbocycles. The third-order valence-electron chi connectivity index (χ3n) is 7.29. The van der Waals surface area contributed by atoms with E-state index in [0.29, 0.717) is 6.61 Å². The molecule has 0 bridgehead atoms. The van der Waals surface area contributed by atoms with Crippen LogP contribution < -0.4 is 0 Å². The molecule has 158 valence electrons. The first-order valence-corrected chi connectivity index (χ1v) is 11.0. The van der Waals surface area contributed by atoms with Crippen molar-refractivity contribution in [1.82, 2.24) is 9.78 Å². The molecule has 4 nitrogen and oxygen atoms in total. The van der Waals surface area contributed by atoms with E-state index >= 15 is 0 Å². The van der Waals surface area contributed by atoms with Gasteiger partial charge in [-0.2, -0.15) is 5.10 Å². The monoisotopic (exact) mass is 416 g/mol. The van der Waals surface area contributed by atoms with Gasteiger partial charge >= 0.3 is 0 Å². The number of fused-ring (bicyclic) bond motifs is 3. The molecule has 2 heterocycles. The summed E-state index contributed by atoms with van der Waals surface area (Å²) in [6, 6.07) is 16.8. The third kappa shape index (κ3) is 2.83. The number of rotatable bonds is 2. The molecule has 3 aliphatic rings. The quantitative estimate of drug-likeness (QED) is 0.544. The second kappa shape index (κ2) is 6.87. The number of benzene rings is 2. The van der Waals surface area contributed by atoms with Gasteiger partial charge in [0, 0.05) is 11.8 Å². The van der Waals surface area contributed by atoms with Crippen LogP contribution in [0.4, 0.5) is 4.39 Å². The number of aromatic nitrogens is 2. The van der Waals surface area contributed by atoms with Gasteiger partial charge in [-0.25, -0.2) is 9.07 Å². The van der Waals surface area contributed by atoms with Crippen molar-refractivity contribution >= 4 is 6.08 Å². The van der Waals surface area contributed by atoms with E-state index in [0.717, 1.165) is 37.1 Å². The normalized spacial score (nSPS) is 29.5. The zero-order chi connectivity index (χ0) is 21.1. The van der Waals surface area contributed by atoms with E-state index in [1.54, 1.807) is 12.1 Å². The van der Waals surface area contributed by atoms with Crippen molar-refractivity contribution in [3.8, 4) is 5.69 Å². The summed E-state index contributed by atoms with van der Waals surface area (Å²) in [5.41, 5.74) is 5.40. The molecule has 0 radical (unpaired) electrons. The van der Waals surface area contributed by atoms with Gasteiger partial charge < -0.3 is 9.47 Å². The number of ether oxygens (including phenoxy) is 2. The molecule has 1 aliphatic heterocycles. The Labute approximate surface area is 181 Å². The summed E-state index contributed by atoms with van der Waals surface area (Å²) in [7, 11) is 0. The van der Waals surface area contributed by atoms with Gasteiger partial charge in [-0.05, 0) is 60.7 Å². The summed E-state index contributed by atoms with van der Waals surface area (Å²) < 4.78 is 28.5. The fourth-order valence-corrected chi connectivity index (χ4v) is 5.56. The highest BCUT2D eigenvalue weighted by molar-refractivity contribution is 5.62. The third-order valence-corrected chi connectivity index (χ3v) is 7.29. The van der Waals surface area contributed by atoms with Crippen molar-refractivity contribution in [3.05, 3.63) is 89.0 Å². The Morgan fingerprint density at radius 2 is 1.90 bits per heavy atom. The Balaban J connectivity index is 1.37. The Morgan fingerprint density at radius 3 is 2.71 bits per heavy atom. The number of halogens is 1. The Bertz CT molecular complexity index is 1150. The largest absolute Gasteiger partial charge is 0.346 e. The standard InChI is InChI=1S/C26H25FN2O2/c1-25-15-19-16-28-29(22-11-9-21(27)10-12-22)23(19)14-20(25)8-5-13-26(25)30-17-24(31-26)18-6-3-2-4-7-18/h2-4,6-7,9-12,14,16,24H,5,8,13,15,17H2,1H3/t24-,25+,26?/m1/s1. The zero-order valence-corrected chi connectivity index (χ0v) is 17.6. The van der Waals surface area contributed by atoms with Crippen molar-refractivity contribution in [2.75, 3.05) is 6.61 Å². The highest BCUT2D eigenvalue weighted by Crippen LogP contribution is 2.58. The van der Waals surface area contributed by atoms with Crippen LogP contribution in [0.25, 0.3) is 11.8 Å². The van der Waals surface area contributed by atoms with Crippen LogP contribution in [0, 0.1) is 11.2 Å². The molecule has 2 aromatic carbocycles. The van der Waals surface area contributed by atoms with Crippen molar-refractivity contribution in [1.29, 1.82) is 0 Å². The maximum absolute atomic E-state index is 13.4. The van der Waals surface area contributed by atoms with Crippen LogP contribution in [0.15, 0.2) is 66.4 Å². The summed E-state index contributed by atoms with van der Waals surface area (Å²) in [5, 5.41) is 4.63. The first-order chi connectivity index (χ1) is 15.1. The van der Waals surface area contributed by atoms with Crippen LogP contribution in [0.5, 0.6) is 0 Å². The van der Waals surface area contributed by atoms with Gasteiger partial charge in [-0.15, -0.1) is 0 Å². The van der Waals surface area contributed by atoms with Crippen molar-refractivity contribution in [2.24, 2.45) is 5.41 Å². The molecule has 3 aromatic rings. The lowest BCUT2D eigenvalue weighted by Crippen LogP contribution is -2.53. The fraction of sp³-hybridized carbons (Fsp3) is 0.346. The summed E-state index contributed by atoms with van der Waals surface area (Å²) in [4.78, 5) is 0. The Morgan fingerprint density at radius 1 is 1.10 bits per heavy atom. The van der Waals surface area contributed by atoms with Crippen LogP contribution >= 0.6 is 0 Å². The molecular formula is C26H25FN2O2. The molecule has 3 atom stereocenters. The lowest BCUT2D eigenvalue weighted by molar-refractivity contribution is -0.243. The molecule has 0 N–H and O–H groups in total. The zero-order valence-electron chi connectivity index (χ0n) is 17.6. The van der Waals surface area contributed by atoms with Gasteiger partial charge in [-0.1, -0.05) is 42.8 Å². The van der Waals surface area contributed by atoms with Gasteiger partial charge in [0.25, 0.3) is 0 Å². The Kier molecular flexibility index (Phi) is 4.20. The summed E-state index contributed by atoms with van der Waals surface area (Å²) in [6.07, 6.45) is 7.92. The van der Waals surface area contributed by atoms with Crippen LogP contribution in [-0.4, -0.2) is 22.2 Å². The molecule has 0 amide bonds. The summed E-state index contributed by atoms with van der Waals surface area (Å²) in [5.74, 6) is -0.860. The minimum absolute atomic E-state index is 0.0410. The first-order valence-electron chi connectivity index (χ1n) is 11.0. The lowest BCUT2D eigenvalue weighted by atomic mass is 9.62. The number of hydrogen-bond donors (Lipinski definition) is 0. The smallest absolute Gasteiger partial charge is 0.178 e. The predicted molar refractivity (Wildman–Crippen MR) is 116 cm³/mol. The topological polar surface area (TPSA) is 36.3 Å².